The van der Waals surface area contributed by atoms with E-state index in [1.54, 1.807) is 7.11 Å². The number of likely N-dealkylation sites (tertiary alicyclic amines) is 1. The van der Waals surface area contributed by atoms with Crippen molar-refractivity contribution in [1.82, 2.24) is 24.0 Å². The minimum atomic E-state index is -0.0306. The number of imidazole rings is 1. The smallest absolute Gasteiger partial charge is 0.254 e. The molecule has 0 bridgehead atoms. The van der Waals surface area contributed by atoms with E-state index < -0.39 is 0 Å². The molecule has 5 rings (SSSR count). The number of pyridine rings is 1. The van der Waals surface area contributed by atoms with E-state index in [4.69, 9.17) is 15.5 Å². The number of nitrogens with zero attached hydrogens (tertiary/aromatic N) is 5. The molecule has 4 aromatic rings. The molecule has 1 aromatic carbocycles. The molecule has 0 unspecified atom stereocenters. The second-order valence-corrected chi connectivity index (χ2v) is 8.87. The Labute approximate surface area is 193 Å². The highest BCUT2D eigenvalue weighted by atomic mass is 16.5. The molecule has 8 heteroatoms. The molecule has 2 atom stereocenters. The van der Waals surface area contributed by atoms with Crippen molar-refractivity contribution in [3.63, 3.8) is 0 Å². The van der Waals surface area contributed by atoms with Gasteiger partial charge in [0.05, 0.1) is 18.3 Å². The first kappa shape index (κ1) is 21.5. The SMILES string of the molecule is CCn1c(-c2nc3cc(C(=O)N4C[C@H](N)CC[C@@H]4C)cc(OC)c3n2C)cc2cccnc21. The summed E-state index contributed by atoms with van der Waals surface area (Å²) in [6, 6.07) is 9.97. The van der Waals surface area contributed by atoms with Crippen molar-refractivity contribution < 1.29 is 9.53 Å². The molecular weight excluding hydrogens is 416 g/mol. The van der Waals surface area contributed by atoms with Crippen LogP contribution in [0.1, 0.15) is 37.0 Å². The number of methoxy groups -OCH3 is 1. The number of rotatable bonds is 4. The van der Waals surface area contributed by atoms with Gasteiger partial charge in [0.25, 0.3) is 5.91 Å². The van der Waals surface area contributed by atoms with Gasteiger partial charge in [-0.25, -0.2) is 9.97 Å². The molecule has 2 N–H and O–H groups in total. The molecule has 1 amide bonds. The average Bonchev–Trinajstić information content (AvgIpc) is 3.36. The maximum absolute atomic E-state index is 13.4. The summed E-state index contributed by atoms with van der Waals surface area (Å²) in [5, 5.41) is 1.07. The first-order valence-electron chi connectivity index (χ1n) is 11.5. The van der Waals surface area contributed by atoms with Crippen LogP contribution in [0.4, 0.5) is 0 Å². The zero-order valence-corrected chi connectivity index (χ0v) is 19.6. The molecule has 0 radical (unpaired) electrons. The molecule has 0 spiro atoms. The predicted molar refractivity (Wildman–Crippen MR) is 129 cm³/mol. The maximum atomic E-state index is 13.4. The lowest BCUT2D eigenvalue weighted by Crippen LogP contribution is -2.50. The van der Waals surface area contributed by atoms with Crippen molar-refractivity contribution in [2.75, 3.05) is 13.7 Å². The van der Waals surface area contributed by atoms with Crippen LogP contribution in [0.25, 0.3) is 33.6 Å². The first-order valence-corrected chi connectivity index (χ1v) is 11.5. The molecule has 0 aliphatic carbocycles. The number of carbonyl (C=O) groups is 1. The zero-order valence-electron chi connectivity index (χ0n) is 19.6. The van der Waals surface area contributed by atoms with Crippen LogP contribution in [-0.4, -0.2) is 55.6 Å². The van der Waals surface area contributed by atoms with Gasteiger partial charge in [0, 0.05) is 49.4 Å². The summed E-state index contributed by atoms with van der Waals surface area (Å²) in [5.41, 5.74) is 10.2. The van der Waals surface area contributed by atoms with Crippen LogP contribution in [0.5, 0.6) is 5.75 Å². The third-order valence-corrected chi connectivity index (χ3v) is 6.78. The molecule has 4 heterocycles. The lowest BCUT2D eigenvalue weighted by molar-refractivity contribution is 0.0612. The number of piperidine rings is 1. The summed E-state index contributed by atoms with van der Waals surface area (Å²) < 4.78 is 9.91. The van der Waals surface area contributed by atoms with Crippen LogP contribution in [0.3, 0.4) is 0 Å². The van der Waals surface area contributed by atoms with E-state index in [1.165, 1.54) is 0 Å². The van der Waals surface area contributed by atoms with Crippen molar-refractivity contribution in [1.29, 1.82) is 0 Å². The predicted octanol–water partition coefficient (Wildman–Crippen LogP) is 3.57. The van der Waals surface area contributed by atoms with Crippen molar-refractivity contribution in [3.8, 4) is 17.3 Å². The number of carbonyl (C=O) groups excluding carboxylic acids is 1. The van der Waals surface area contributed by atoms with E-state index >= 15 is 0 Å². The summed E-state index contributed by atoms with van der Waals surface area (Å²) in [6.45, 7) is 5.52. The lowest BCUT2D eigenvalue weighted by Gasteiger charge is -2.36. The Kier molecular flexibility index (Phi) is 5.32. The molecule has 1 fully saturated rings. The van der Waals surface area contributed by atoms with Gasteiger partial charge in [-0.05, 0) is 57.0 Å². The van der Waals surface area contributed by atoms with E-state index in [0.717, 1.165) is 53.0 Å². The Morgan fingerprint density at radius 2 is 2.09 bits per heavy atom. The van der Waals surface area contributed by atoms with Crippen molar-refractivity contribution in [2.24, 2.45) is 12.8 Å². The first-order chi connectivity index (χ1) is 15.9. The van der Waals surface area contributed by atoms with Crippen LogP contribution < -0.4 is 10.5 Å². The summed E-state index contributed by atoms with van der Waals surface area (Å²) in [7, 11) is 3.60. The average molecular weight is 447 g/mol. The van der Waals surface area contributed by atoms with Crippen LogP contribution in [0, 0.1) is 0 Å². The van der Waals surface area contributed by atoms with Crippen molar-refractivity contribution in [3.05, 3.63) is 42.1 Å². The van der Waals surface area contributed by atoms with Gasteiger partial charge in [-0.2, -0.15) is 0 Å². The van der Waals surface area contributed by atoms with Gasteiger partial charge in [-0.15, -0.1) is 0 Å². The van der Waals surface area contributed by atoms with Gasteiger partial charge >= 0.3 is 0 Å². The number of benzene rings is 1. The molecule has 1 saturated heterocycles. The van der Waals surface area contributed by atoms with E-state index in [1.807, 2.05) is 40.9 Å². The summed E-state index contributed by atoms with van der Waals surface area (Å²) in [5.74, 6) is 1.40. The minimum Gasteiger partial charge on any atom is -0.494 e. The Morgan fingerprint density at radius 1 is 1.27 bits per heavy atom. The third kappa shape index (κ3) is 3.45. The Balaban J connectivity index is 1.65. The summed E-state index contributed by atoms with van der Waals surface area (Å²) in [4.78, 5) is 24.8. The highest BCUT2D eigenvalue weighted by Crippen LogP contribution is 2.34. The van der Waals surface area contributed by atoms with Crippen molar-refractivity contribution >= 4 is 28.0 Å². The number of aryl methyl sites for hydroxylation is 2. The number of hydrogen-bond donors (Lipinski definition) is 1. The van der Waals surface area contributed by atoms with Gasteiger partial charge in [-0.1, -0.05) is 0 Å². The van der Waals surface area contributed by atoms with Gasteiger partial charge in [0.1, 0.15) is 16.9 Å². The Bertz CT molecular complexity index is 1350. The van der Waals surface area contributed by atoms with Gasteiger partial charge in [0.2, 0.25) is 0 Å². The normalized spacial score (nSPS) is 18.9. The fourth-order valence-electron chi connectivity index (χ4n) is 4.99. The summed E-state index contributed by atoms with van der Waals surface area (Å²) >= 11 is 0. The largest absolute Gasteiger partial charge is 0.494 e. The third-order valence-electron chi connectivity index (χ3n) is 6.78. The van der Waals surface area contributed by atoms with Crippen molar-refractivity contribution in [2.45, 2.75) is 45.3 Å². The van der Waals surface area contributed by atoms with Gasteiger partial charge < -0.3 is 24.5 Å². The zero-order chi connectivity index (χ0) is 23.3. The Hall–Kier alpha value is -3.39. The van der Waals surface area contributed by atoms with Crippen LogP contribution in [-0.2, 0) is 13.6 Å². The number of hydrogen-bond acceptors (Lipinski definition) is 5. The fourth-order valence-corrected chi connectivity index (χ4v) is 4.99. The standard InChI is InChI=1S/C25H30N6O2/c1-5-30-20(12-16-7-6-10-27-23(16)30)24-28-19-11-17(13-21(33-4)22(19)29(24)3)25(32)31-14-18(26)9-8-15(31)2/h6-7,10-13,15,18H,5,8-9,14,26H2,1-4H3/t15-,18+/m0/s1. The van der Waals surface area contributed by atoms with Crippen LogP contribution in [0.2, 0.25) is 0 Å². The molecule has 8 nitrogen and oxygen atoms in total. The molecule has 172 valence electrons. The van der Waals surface area contributed by atoms with E-state index in [0.29, 0.717) is 17.9 Å². The quantitative estimate of drug-likeness (QED) is 0.517. The van der Waals surface area contributed by atoms with Crippen LogP contribution >= 0.6 is 0 Å². The van der Waals surface area contributed by atoms with E-state index in [-0.39, 0.29) is 18.0 Å². The van der Waals surface area contributed by atoms with Crippen LogP contribution in [0.15, 0.2) is 36.5 Å². The molecule has 3 aromatic heterocycles. The van der Waals surface area contributed by atoms with E-state index in [9.17, 15) is 4.79 Å². The van der Waals surface area contributed by atoms with Gasteiger partial charge in [-0.3, -0.25) is 4.79 Å². The summed E-state index contributed by atoms with van der Waals surface area (Å²) in [6.07, 6.45) is 3.66. The molecule has 0 saturated carbocycles. The number of nitrogens with two attached hydrogens (primary N) is 1. The number of fused-ring (bicyclic) bond motifs is 2. The molecular formula is C25H30N6O2. The molecule has 33 heavy (non-hydrogen) atoms. The van der Waals surface area contributed by atoms with E-state index in [2.05, 4.69) is 35.5 Å². The topological polar surface area (TPSA) is 91.2 Å². The number of aromatic nitrogens is 4. The monoisotopic (exact) mass is 446 g/mol. The second-order valence-electron chi connectivity index (χ2n) is 8.87. The lowest BCUT2D eigenvalue weighted by atomic mass is 9.99. The minimum absolute atomic E-state index is 0.0156. The number of ether oxygens (including phenoxy) is 1. The molecule has 1 aliphatic heterocycles. The second kappa shape index (κ2) is 8.19. The molecule has 1 aliphatic rings. The highest BCUT2D eigenvalue weighted by molar-refractivity contribution is 6.00. The fraction of sp³-hybridized carbons (Fsp3) is 0.400. The number of amides is 1. The highest BCUT2D eigenvalue weighted by Gasteiger charge is 2.29. The Morgan fingerprint density at radius 3 is 2.85 bits per heavy atom. The van der Waals surface area contributed by atoms with Gasteiger partial charge in [0.15, 0.2) is 5.82 Å². The maximum Gasteiger partial charge on any atom is 0.254 e.